The van der Waals surface area contributed by atoms with Crippen LogP contribution in [-0.4, -0.2) is 25.3 Å². The molecule has 0 radical (unpaired) electrons. The van der Waals surface area contributed by atoms with E-state index in [2.05, 4.69) is 15.9 Å². The smallest absolute Gasteiger partial charge is 0.184 e. The van der Waals surface area contributed by atoms with Crippen LogP contribution in [0.25, 0.3) is 0 Å². The summed E-state index contributed by atoms with van der Waals surface area (Å²) in [4.78, 5) is 11.0. The average molecular weight is 285 g/mol. The van der Waals surface area contributed by atoms with Crippen LogP contribution in [0.15, 0.2) is 28.7 Å². The van der Waals surface area contributed by atoms with Crippen LogP contribution in [0.3, 0.4) is 0 Å². The lowest BCUT2D eigenvalue weighted by Gasteiger charge is -2.28. The van der Waals surface area contributed by atoms with Crippen LogP contribution in [-0.2, 0) is 14.3 Å². The molecule has 0 aliphatic carbocycles. The van der Waals surface area contributed by atoms with E-state index in [9.17, 15) is 4.79 Å². The summed E-state index contributed by atoms with van der Waals surface area (Å²) >= 11 is 3.50. The van der Waals surface area contributed by atoms with Gasteiger partial charge in [0, 0.05) is 10.4 Å². The molecule has 0 spiro atoms. The summed E-state index contributed by atoms with van der Waals surface area (Å²) in [5, 5.41) is 0. The molecule has 1 unspecified atom stereocenters. The van der Waals surface area contributed by atoms with Crippen molar-refractivity contribution in [1.29, 1.82) is 0 Å². The van der Waals surface area contributed by atoms with Crippen molar-refractivity contribution in [3.05, 3.63) is 34.3 Å². The lowest BCUT2D eigenvalue weighted by molar-refractivity contribution is -0.192. The van der Waals surface area contributed by atoms with E-state index >= 15 is 0 Å². The lowest BCUT2D eigenvalue weighted by atomic mass is 10.0. The number of ether oxygens (including phenoxy) is 2. The highest BCUT2D eigenvalue weighted by Crippen LogP contribution is 2.29. The molecule has 0 aromatic heterocycles. The average Bonchev–Trinajstić information content (AvgIpc) is 2.30. The normalized spacial score (nSPS) is 19.8. The zero-order valence-electron chi connectivity index (χ0n) is 8.98. The number of ketones is 1. The first-order valence-electron chi connectivity index (χ1n) is 5.18. The maximum absolute atomic E-state index is 11.0. The highest BCUT2D eigenvalue weighted by molar-refractivity contribution is 9.10. The van der Waals surface area contributed by atoms with Crippen molar-refractivity contribution in [3.8, 4) is 0 Å². The number of carbonyl (C=O) groups excluding carboxylic acids is 1. The van der Waals surface area contributed by atoms with Crippen LogP contribution in [0.1, 0.15) is 18.4 Å². The molecule has 2 rings (SSSR count). The summed E-state index contributed by atoms with van der Waals surface area (Å²) in [5.74, 6) is 0.0965. The number of benzene rings is 1. The Balaban J connectivity index is 2.10. The fourth-order valence-corrected chi connectivity index (χ4v) is 2.37. The first-order valence-corrected chi connectivity index (χ1v) is 5.97. The molecular formula is C12H13BrO3. The lowest BCUT2D eigenvalue weighted by Crippen LogP contribution is -2.35. The van der Waals surface area contributed by atoms with Gasteiger partial charge in [0.1, 0.15) is 13.2 Å². The first-order chi connectivity index (χ1) is 7.68. The zero-order chi connectivity index (χ0) is 11.5. The summed E-state index contributed by atoms with van der Waals surface area (Å²) in [6.07, 6.45) is -0.337. The largest absolute Gasteiger partial charge is 0.344 e. The van der Waals surface area contributed by atoms with E-state index in [0.29, 0.717) is 0 Å². The van der Waals surface area contributed by atoms with E-state index < -0.39 is 0 Å². The summed E-state index contributed by atoms with van der Waals surface area (Å²) in [5.41, 5.74) is 1.13. The summed E-state index contributed by atoms with van der Waals surface area (Å²) in [6, 6.07) is 7.95. The number of carbonyl (C=O) groups is 1. The van der Waals surface area contributed by atoms with Gasteiger partial charge in [0.2, 0.25) is 0 Å². The minimum atomic E-state index is -0.337. The first kappa shape index (κ1) is 11.8. The van der Waals surface area contributed by atoms with E-state index in [4.69, 9.17) is 9.47 Å². The van der Waals surface area contributed by atoms with Gasteiger partial charge in [0.05, 0.1) is 0 Å². The molecule has 86 valence electrons. The van der Waals surface area contributed by atoms with Crippen LogP contribution in [0, 0.1) is 0 Å². The van der Waals surface area contributed by atoms with Crippen LogP contribution in [0.5, 0.6) is 0 Å². The second-order valence-corrected chi connectivity index (χ2v) is 4.69. The number of hydrogen-bond acceptors (Lipinski definition) is 3. The van der Waals surface area contributed by atoms with Gasteiger partial charge in [-0.2, -0.15) is 0 Å². The Morgan fingerprint density at radius 1 is 1.31 bits per heavy atom. The molecule has 0 saturated carbocycles. The van der Waals surface area contributed by atoms with Crippen molar-refractivity contribution in [2.45, 2.75) is 19.1 Å². The van der Waals surface area contributed by atoms with E-state index in [1.165, 1.54) is 0 Å². The molecule has 4 heteroatoms. The van der Waals surface area contributed by atoms with Crippen LogP contribution in [0.2, 0.25) is 0 Å². The number of halogens is 1. The molecule has 1 aliphatic heterocycles. The van der Waals surface area contributed by atoms with E-state index in [1.54, 1.807) is 0 Å². The van der Waals surface area contributed by atoms with Gasteiger partial charge in [-0.3, -0.25) is 4.79 Å². The quantitative estimate of drug-likeness (QED) is 0.837. The Morgan fingerprint density at radius 3 is 2.56 bits per heavy atom. The zero-order valence-corrected chi connectivity index (χ0v) is 10.6. The molecule has 1 fully saturated rings. The monoisotopic (exact) mass is 284 g/mol. The molecule has 1 heterocycles. The van der Waals surface area contributed by atoms with Gasteiger partial charge in [-0.15, -0.1) is 0 Å². The van der Waals surface area contributed by atoms with Crippen molar-refractivity contribution in [1.82, 2.24) is 0 Å². The van der Waals surface area contributed by atoms with E-state index in [-0.39, 0.29) is 31.2 Å². The Morgan fingerprint density at radius 2 is 1.94 bits per heavy atom. The summed E-state index contributed by atoms with van der Waals surface area (Å²) in [7, 11) is 0. The predicted octanol–water partition coefficient (Wildman–Crippen LogP) is 2.49. The molecule has 0 bridgehead atoms. The van der Waals surface area contributed by atoms with Gasteiger partial charge in [0.15, 0.2) is 12.1 Å². The maximum Gasteiger partial charge on any atom is 0.184 e. The predicted molar refractivity (Wildman–Crippen MR) is 63.3 cm³/mol. The van der Waals surface area contributed by atoms with Crippen molar-refractivity contribution in [2.75, 3.05) is 13.2 Å². The van der Waals surface area contributed by atoms with Gasteiger partial charge in [-0.05, 0) is 11.6 Å². The van der Waals surface area contributed by atoms with E-state index in [0.717, 1.165) is 10.0 Å². The second kappa shape index (κ2) is 5.08. The molecule has 0 N–H and O–H groups in total. The van der Waals surface area contributed by atoms with Crippen molar-refractivity contribution in [3.63, 3.8) is 0 Å². The molecule has 1 aromatic carbocycles. The Labute approximate surface area is 103 Å². The molecule has 16 heavy (non-hydrogen) atoms. The fourth-order valence-electron chi connectivity index (χ4n) is 1.72. The minimum Gasteiger partial charge on any atom is -0.344 e. The van der Waals surface area contributed by atoms with Crippen LogP contribution < -0.4 is 0 Å². The third-order valence-corrected chi connectivity index (χ3v) is 3.34. The Hall–Kier alpha value is -0.710. The SMILES string of the molecule is CC(c1ccccc1Br)C1OCC(=O)CO1. The van der Waals surface area contributed by atoms with Crippen molar-refractivity contribution < 1.29 is 14.3 Å². The van der Waals surface area contributed by atoms with Crippen LogP contribution in [0.4, 0.5) is 0 Å². The van der Waals surface area contributed by atoms with E-state index in [1.807, 2.05) is 31.2 Å². The highest BCUT2D eigenvalue weighted by atomic mass is 79.9. The third-order valence-electron chi connectivity index (χ3n) is 2.62. The standard InChI is InChI=1S/C12H13BrO3/c1-8(10-4-2-3-5-11(10)13)12-15-6-9(14)7-16-12/h2-5,8,12H,6-7H2,1H3. The Kier molecular flexibility index (Phi) is 3.74. The minimum absolute atomic E-state index is 0.00410. The van der Waals surface area contributed by atoms with Gasteiger partial charge in [-0.25, -0.2) is 0 Å². The maximum atomic E-state index is 11.0. The van der Waals surface area contributed by atoms with Crippen molar-refractivity contribution in [2.24, 2.45) is 0 Å². The van der Waals surface area contributed by atoms with Gasteiger partial charge in [0.25, 0.3) is 0 Å². The van der Waals surface area contributed by atoms with Gasteiger partial charge < -0.3 is 9.47 Å². The van der Waals surface area contributed by atoms with Gasteiger partial charge in [-0.1, -0.05) is 41.1 Å². The summed E-state index contributed by atoms with van der Waals surface area (Å²) < 4.78 is 11.8. The van der Waals surface area contributed by atoms with Crippen molar-refractivity contribution >= 4 is 21.7 Å². The molecule has 3 nitrogen and oxygen atoms in total. The molecule has 1 atom stereocenters. The van der Waals surface area contributed by atoms with Gasteiger partial charge >= 0.3 is 0 Å². The highest BCUT2D eigenvalue weighted by Gasteiger charge is 2.27. The van der Waals surface area contributed by atoms with Crippen LogP contribution >= 0.6 is 15.9 Å². The molecular weight excluding hydrogens is 272 g/mol. The Bertz CT molecular complexity index is 382. The number of Topliss-reactive ketones (excluding diaryl/α,β-unsaturated/α-hetero) is 1. The number of rotatable bonds is 2. The molecule has 1 aromatic rings. The third kappa shape index (κ3) is 2.51. The second-order valence-electron chi connectivity index (χ2n) is 3.84. The number of hydrogen-bond donors (Lipinski definition) is 0. The molecule has 1 saturated heterocycles. The fraction of sp³-hybridized carbons (Fsp3) is 0.417. The summed E-state index contributed by atoms with van der Waals surface area (Å²) in [6.45, 7) is 2.33. The topological polar surface area (TPSA) is 35.5 Å². The molecule has 0 amide bonds. The molecule has 1 aliphatic rings.